The Morgan fingerprint density at radius 3 is 2.76 bits per heavy atom. The first kappa shape index (κ1) is 17.4. The molecule has 0 radical (unpaired) electrons. The number of rotatable bonds is 5. The van der Waals surface area contributed by atoms with Crippen LogP contribution in [0.2, 0.25) is 0 Å². The van der Waals surface area contributed by atoms with Crippen molar-refractivity contribution in [3.63, 3.8) is 0 Å². The lowest BCUT2D eigenvalue weighted by molar-refractivity contribution is -0.385. The van der Waals surface area contributed by atoms with Crippen LogP contribution in [-0.4, -0.2) is 34.3 Å². The topological polar surface area (TPSA) is 89.8 Å². The molecule has 0 N–H and O–H groups in total. The molecule has 1 aliphatic carbocycles. The molecular weight excluding hydrogens is 324 g/mol. The van der Waals surface area contributed by atoms with Crippen molar-refractivity contribution in [2.75, 3.05) is 6.54 Å². The van der Waals surface area contributed by atoms with Crippen LogP contribution in [-0.2, 0) is 14.3 Å². The second-order valence-corrected chi connectivity index (χ2v) is 6.82. The predicted molar refractivity (Wildman–Crippen MR) is 89.7 cm³/mol. The molecule has 2 fully saturated rings. The number of ether oxygens (including phenoxy) is 1. The molecule has 0 aromatic heterocycles. The molecule has 134 valence electrons. The van der Waals surface area contributed by atoms with Gasteiger partial charge in [-0.05, 0) is 25.3 Å². The zero-order valence-corrected chi connectivity index (χ0v) is 14.2. The van der Waals surface area contributed by atoms with Gasteiger partial charge in [0.05, 0.1) is 10.8 Å². The van der Waals surface area contributed by atoms with E-state index >= 15 is 0 Å². The first-order valence-electron chi connectivity index (χ1n) is 8.70. The highest BCUT2D eigenvalue weighted by atomic mass is 16.6. The van der Waals surface area contributed by atoms with E-state index in [9.17, 15) is 19.7 Å². The minimum atomic E-state index is -0.594. The first-order valence-corrected chi connectivity index (χ1v) is 8.70. The Balaban J connectivity index is 1.61. The van der Waals surface area contributed by atoms with Crippen LogP contribution in [0.3, 0.4) is 0 Å². The molecule has 1 saturated heterocycles. The number of non-ortho nitro benzene ring substituents is 1. The number of nitro groups is 1. The first-order chi connectivity index (χ1) is 12.0. The van der Waals surface area contributed by atoms with Gasteiger partial charge in [-0.1, -0.05) is 25.0 Å². The quantitative estimate of drug-likeness (QED) is 0.464. The third-order valence-electron chi connectivity index (χ3n) is 5.10. The van der Waals surface area contributed by atoms with Crippen LogP contribution >= 0.6 is 0 Å². The largest absolute Gasteiger partial charge is 0.458 e. The van der Waals surface area contributed by atoms with Crippen molar-refractivity contribution in [1.82, 2.24) is 4.90 Å². The maximum atomic E-state index is 12.4. The normalized spacial score (nSPS) is 22.2. The highest BCUT2D eigenvalue weighted by Gasteiger charge is 2.39. The monoisotopic (exact) mass is 346 g/mol. The number of esters is 1. The summed E-state index contributed by atoms with van der Waals surface area (Å²) >= 11 is 0. The average molecular weight is 346 g/mol. The molecule has 3 rings (SSSR count). The van der Waals surface area contributed by atoms with Gasteiger partial charge in [-0.2, -0.15) is 0 Å². The Morgan fingerprint density at radius 1 is 1.36 bits per heavy atom. The summed E-state index contributed by atoms with van der Waals surface area (Å²) in [7, 11) is 0. The summed E-state index contributed by atoms with van der Waals surface area (Å²) in [5, 5.41) is 10.9. The van der Waals surface area contributed by atoms with Crippen molar-refractivity contribution in [2.24, 2.45) is 5.92 Å². The molecule has 1 aromatic rings. The van der Waals surface area contributed by atoms with Gasteiger partial charge in [0.15, 0.2) is 0 Å². The molecular formula is C18H22N2O5. The SMILES string of the molecule is C[C@H](OC(=O)[C@@H]1CC(=O)N(C2CCCC2)C1)c1cccc([N+](=O)[O-])c1. The number of likely N-dealkylation sites (tertiary alicyclic amines) is 1. The Morgan fingerprint density at radius 2 is 2.08 bits per heavy atom. The lowest BCUT2D eigenvalue weighted by Crippen LogP contribution is -2.35. The number of carbonyl (C=O) groups excluding carboxylic acids is 2. The summed E-state index contributed by atoms with van der Waals surface area (Å²) in [6, 6.07) is 6.32. The zero-order chi connectivity index (χ0) is 18.0. The highest BCUT2D eigenvalue weighted by Crippen LogP contribution is 2.31. The van der Waals surface area contributed by atoms with E-state index in [0.717, 1.165) is 25.7 Å². The molecule has 0 unspecified atom stereocenters. The molecule has 1 saturated carbocycles. The van der Waals surface area contributed by atoms with Gasteiger partial charge in [0.2, 0.25) is 5.91 Å². The number of hydrogen-bond acceptors (Lipinski definition) is 5. The van der Waals surface area contributed by atoms with Gasteiger partial charge in [-0.15, -0.1) is 0 Å². The van der Waals surface area contributed by atoms with Crippen molar-refractivity contribution >= 4 is 17.6 Å². The van der Waals surface area contributed by atoms with Crippen LogP contribution < -0.4 is 0 Å². The summed E-state index contributed by atoms with van der Waals surface area (Å²) in [6.45, 7) is 2.10. The molecule has 2 atom stereocenters. The van der Waals surface area contributed by atoms with Gasteiger partial charge >= 0.3 is 5.97 Å². The van der Waals surface area contributed by atoms with Crippen LogP contribution in [0.15, 0.2) is 24.3 Å². The molecule has 0 bridgehead atoms. The highest BCUT2D eigenvalue weighted by molar-refractivity contribution is 5.87. The van der Waals surface area contributed by atoms with E-state index in [1.54, 1.807) is 19.1 Å². The zero-order valence-electron chi connectivity index (χ0n) is 14.2. The molecule has 7 heteroatoms. The van der Waals surface area contributed by atoms with Crippen LogP contribution in [0, 0.1) is 16.0 Å². The van der Waals surface area contributed by atoms with Crippen molar-refractivity contribution in [3.8, 4) is 0 Å². The predicted octanol–water partition coefficient (Wildman–Crippen LogP) is 2.99. The van der Waals surface area contributed by atoms with Crippen LogP contribution in [0.5, 0.6) is 0 Å². The van der Waals surface area contributed by atoms with Gasteiger partial charge in [0, 0.05) is 31.1 Å². The lowest BCUT2D eigenvalue weighted by atomic mass is 10.1. The number of nitrogens with zero attached hydrogens (tertiary/aromatic N) is 2. The van der Waals surface area contributed by atoms with E-state index in [1.165, 1.54) is 12.1 Å². The maximum absolute atomic E-state index is 12.4. The Hall–Kier alpha value is -2.44. The molecule has 25 heavy (non-hydrogen) atoms. The van der Waals surface area contributed by atoms with Crippen molar-refractivity contribution in [1.29, 1.82) is 0 Å². The molecule has 0 spiro atoms. The van der Waals surface area contributed by atoms with Crippen molar-refractivity contribution < 1.29 is 19.2 Å². The Labute approximate surface area is 146 Å². The fraction of sp³-hybridized carbons (Fsp3) is 0.556. The minimum Gasteiger partial charge on any atom is -0.458 e. The van der Waals surface area contributed by atoms with Gasteiger partial charge in [-0.3, -0.25) is 19.7 Å². The van der Waals surface area contributed by atoms with Gasteiger partial charge in [0.25, 0.3) is 5.69 Å². The lowest BCUT2D eigenvalue weighted by Gasteiger charge is -2.24. The smallest absolute Gasteiger partial charge is 0.311 e. The van der Waals surface area contributed by atoms with E-state index < -0.39 is 22.9 Å². The van der Waals surface area contributed by atoms with Crippen LogP contribution in [0.25, 0.3) is 0 Å². The summed E-state index contributed by atoms with van der Waals surface area (Å²) in [6.07, 6.45) is 3.88. The number of hydrogen-bond donors (Lipinski definition) is 0. The number of benzene rings is 1. The van der Waals surface area contributed by atoms with Crippen molar-refractivity contribution in [3.05, 3.63) is 39.9 Å². The fourth-order valence-corrected chi connectivity index (χ4v) is 3.69. The molecule has 1 heterocycles. The molecule has 2 aliphatic rings. The van der Waals surface area contributed by atoms with E-state index in [0.29, 0.717) is 12.1 Å². The standard InChI is InChI=1S/C18H22N2O5/c1-12(13-5-4-8-16(9-13)20(23)24)25-18(22)14-10-17(21)19(11-14)15-6-2-3-7-15/h4-5,8-9,12,14-15H,2-3,6-7,10-11H2,1H3/t12-,14+/m0/s1. The third-order valence-corrected chi connectivity index (χ3v) is 5.10. The number of carbonyl (C=O) groups is 2. The Bertz CT molecular complexity index is 684. The second-order valence-electron chi connectivity index (χ2n) is 6.82. The number of amides is 1. The van der Waals surface area contributed by atoms with Crippen molar-refractivity contribution in [2.45, 2.75) is 51.2 Å². The van der Waals surface area contributed by atoms with Gasteiger partial charge < -0.3 is 9.64 Å². The van der Waals surface area contributed by atoms with E-state index in [4.69, 9.17) is 4.74 Å². The minimum absolute atomic E-state index is 0.0249. The van der Waals surface area contributed by atoms with Crippen LogP contribution in [0.4, 0.5) is 5.69 Å². The fourth-order valence-electron chi connectivity index (χ4n) is 3.69. The second kappa shape index (κ2) is 7.21. The van der Waals surface area contributed by atoms with Gasteiger partial charge in [0.1, 0.15) is 6.10 Å². The van der Waals surface area contributed by atoms with E-state index in [1.807, 2.05) is 4.90 Å². The molecule has 7 nitrogen and oxygen atoms in total. The summed E-state index contributed by atoms with van der Waals surface area (Å²) in [5.74, 6) is -0.834. The van der Waals surface area contributed by atoms with Gasteiger partial charge in [-0.25, -0.2) is 0 Å². The van der Waals surface area contributed by atoms with E-state index in [-0.39, 0.29) is 24.1 Å². The molecule has 1 aromatic carbocycles. The average Bonchev–Trinajstić information content (AvgIpc) is 3.24. The summed E-state index contributed by atoms with van der Waals surface area (Å²) < 4.78 is 5.47. The summed E-state index contributed by atoms with van der Waals surface area (Å²) in [5.41, 5.74) is 0.531. The molecule has 1 amide bonds. The maximum Gasteiger partial charge on any atom is 0.311 e. The number of nitro benzene ring substituents is 1. The van der Waals surface area contributed by atoms with Crippen LogP contribution in [0.1, 0.15) is 50.7 Å². The Kier molecular flexibility index (Phi) is 5.01. The third kappa shape index (κ3) is 3.81. The van der Waals surface area contributed by atoms with E-state index in [2.05, 4.69) is 0 Å². The summed E-state index contributed by atoms with van der Waals surface area (Å²) in [4.78, 5) is 36.8. The molecule has 1 aliphatic heterocycles.